The largest absolute Gasteiger partial charge is 0.497 e. The molecule has 16 heavy (non-hydrogen) atoms. The minimum absolute atomic E-state index is 0.194. The van der Waals surface area contributed by atoms with Gasteiger partial charge >= 0.3 is 0 Å². The maximum atomic E-state index is 6.22. The molecule has 1 unspecified atom stereocenters. The zero-order valence-corrected chi connectivity index (χ0v) is 10.3. The van der Waals surface area contributed by atoms with E-state index in [-0.39, 0.29) is 5.38 Å². The van der Waals surface area contributed by atoms with E-state index < -0.39 is 0 Å². The lowest BCUT2D eigenvalue weighted by Gasteiger charge is -2.07. The molecule has 2 heteroatoms. The molecular weight excluding hydrogens is 220 g/mol. The molecule has 86 valence electrons. The van der Waals surface area contributed by atoms with Crippen molar-refractivity contribution in [3.05, 3.63) is 35.9 Å². The third-order valence-electron chi connectivity index (χ3n) is 3.02. The van der Waals surface area contributed by atoms with Crippen LogP contribution in [-0.2, 0) is 0 Å². The van der Waals surface area contributed by atoms with Crippen LogP contribution in [0.1, 0.15) is 31.2 Å². The fourth-order valence-electron chi connectivity index (χ4n) is 2.09. The van der Waals surface area contributed by atoms with Crippen LogP contribution in [0, 0.1) is 0 Å². The molecule has 0 spiro atoms. The van der Waals surface area contributed by atoms with Gasteiger partial charge in [-0.1, -0.05) is 24.6 Å². The Labute approximate surface area is 102 Å². The number of methoxy groups -OCH3 is 1. The van der Waals surface area contributed by atoms with E-state index in [9.17, 15) is 0 Å². The topological polar surface area (TPSA) is 9.23 Å². The lowest BCUT2D eigenvalue weighted by molar-refractivity contribution is 0.415. The van der Waals surface area contributed by atoms with Crippen molar-refractivity contribution in [2.45, 2.75) is 31.1 Å². The molecule has 1 atom stereocenters. The Hall–Kier alpha value is -0.950. The van der Waals surface area contributed by atoms with Crippen LogP contribution in [0.4, 0.5) is 0 Å². The monoisotopic (exact) mass is 236 g/mol. The molecule has 1 aliphatic rings. The molecule has 0 aliphatic heterocycles. The van der Waals surface area contributed by atoms with Crippen LogP contribution >= 0.6 is 11.6 Å². The summed E-state index contributed by atoms with van der Waals surface area (Å²) in [6.45, 7) is 0. The molecule has 0 N–H and O–H groups in total. The molecule has 1 aromatic rings. The first-order valence-corrected chi connectivity index (χ1v) is 6.22. The van der Waals surface area contributed by atoms with Gasteiger partial charge in [0.05, 0.1) is 12.5 Å². The second kappa shape index (κ2) is 5.40. The average molecular weight is 237 g/mol. The normalized spacial score (nSPS) is 21.1. The van der Waals surface area contributed by atoms with Gasteiger partial charge in [0.15, 0.2) is 0 Å². The van der Waals surface area contributed by atoms with Crippen molar-refractivity contribution >= 4 is 17.2 Å². The summed E-state index contributed by atoms with van der Waals surface area (Å²) >= 11 is 6.22. The lowest BCUT2D eigenvalue weighted by Crippen LogP contribution is -1.91. The molecule has 0 saturated carbocycles. The van der Waals surface area contributed by atoms with Gasteiger partial charge in [-0.2, -0.15) is 0 Å². The van der Waals surface area contributed by atoms with Gasteiger partial charge in [0.25, 0.3) is 0 Å². The summed E-state index contributed by atoms with van der Waals surface area (Å²) in [6.07, 6.45) is 6.90. The minimum atomic E-state index is 0.194. The van der Waals surface area contributed by atoms with Crippen molar-refractivity contribution in [1.82, 2.24) is 0 Å². The molecule has 0 saturated heterocycles. The predicted octanol–water partition coefficient (Wildman–Crippen LogP) is 4.26. The second-order valence-corrected chi connectivity index (χ2v) is 4.74. The Balaban J connectivity index is 2.21. The van der Waals surface area contributed by atoms with E-state index in [2.05, 4.69) is 18.2 Å². The molecule has 0 aromatic heterocycles. The van der Waals surface area contributed by atoms with E-state index in [4.69, 9.17) is 16.3 Å². The number of benzene rings is 1. The minimum Gasteiger partial charge on any atom is -0.497 e. The van der Waals surface area contributed by atoms with E-state index in [1.54, 1.807) is 7.11 Å². The second-order valence-electron chi connectivity index (χ2n) is 4.18. The van der Waals surface area contributed by atoms with E-state index in [0.29, 0.717) is 0 Å². The van der Waals surface area contributed by atoms with Crippen LogP contribution in [-0.4, -0.2) is 12.5 Å². The van der Waals surface area contributed by atoms with Gasteiger partial charge in [-0.05, 0) is 42.5 Å². The van der Waals surface area contributed by atoms with Crippen molar-refractivity contribution < 1.29 is 4.74 Å². The Bertz CT molecular complexity index is 367. The Kier molecular flexibility index (Phi) is 3.89. The summed E-state index contributed by atoms with van der Waals surface area (Å²) in [7, 11) is 1.69. The standard InChI is InChI=1S/C14H17ClO/c1-16-14-8-6-11(7-9-14)12-4-2-3-5-13(15)10-12/h6-10,13H,2-5H2,1H3. The van der Waals surface area contributed by atoms with Crippen LogP contribution in [0.2, 0.25) is 0 Å². The van der Waals surface area contributed by atoms with Crippen molar-refractivity contribution in [3.8, 4) is 5.75 Å². The Morgan fingerprint density at radius 3 is 2.62 bits per heavy atom. The highest BCUT2D eigenvalue weighted by Crippen LogP contribution is 2.29. The molecule has 0 amide bonds. The fraction of sp³-hybridized carbons (Fsp3) is 0.429. The number of rotatable bonds is 2. The molecule has 0 radical (unpaired) electrons. The summed E-state index contributed by atoms with van der Waals surface area (Å²) in [4.78, 5) is 0. The van der Waals surface area contributed by atoms with Gasteiger partial charge in [-0.3, -0.25) is 0 Å². The van der Waals surface area contributed by atoms with Gasteiger partial charge in [0.1, 0.15) is 5.75 Å². The number of allylic oxidation sites excluding steroid dienone is 2. The highest BCUT2D eigenvalue weighted by molar-refractivity contribution is 6.22. The van der Waals surface area contributed by atoms with Crippen LogP contribution in [0.25, 0.3) is 5.57 Å². The summed E-state index contributed by atoms with van der Waals surface area (Å²) in [6, 6.07) is 8.23. The van der Waals surface area contributed by atoms with Crippen LogP contribution in [0.5, 0.6) is 5.75 Å². The van der Waals surface area contributed by atoms with E-state index in [1.807, 2.05) is 12.1 Å². The lowest BCUT2D eigenvalue weighted by atomic mass is 10.0. The first-order chi connectivity index (χ1) is 7.79. The van der Waals surface area contributed by atoms with Gasteiger partial charge < -0.3 is 4.74 Å². The molecule has 0 fully saturated rings. The van der Waals surface area contributed by atoms with Crippen molar-refractivity contribution in [1.29, 1.82) is 0 Å². The zero-order chi connectivity index (χ0) is 11.4. The van der Waals surface area contributed by atoms with Crippen LogP contribution < -0.4 is 4.74 Å². The van der Waals surface area contributed by atoms with Crippen LogP contribution in [0.15, 0.2) is 30.3 Å². The molecule has 1 nitrogen and oxygen atoms in total. The van der Waals surface area contributed by atoms with Crippen molar-refractivity contribution in [2.24, 2.45) is 0 Å². The van der Waals surface area contributed by atoms with Gasteiger partial charge in [-0.15, -0.1) is 11.6 Å². The Morgan fingerprint density at radius 2 is 1.94 bits per heavy atom. The number of hydrogen-bond donors (Lipinski definition) is 0. The summed E-state index contributed by atoms with van der Waals surface area (Å²) in [5, 5.41) is 0.194. The molecular formula is C14H17ClO. The van der Waals surface area contributed by atoms with Gasteiger partial charge in [0, 0.05) is 0 Å². The SMILES string of the molecule is COc1ccc(C2=CC(Cl)CCCC2)cc1. The van der Waals surface area contributed by atoms with E-state index in [1.165, 1.54) is 24.0 Å². The third-order valence-corrected chi connectivity index (χ3v) is 3.36. The van der Waals surface area contributed by atoms with Crippen molar-refractivity contribution in [2.75, 3.05) is 7.11 Å². The average Bonchev–Trinajstić information content (AvgIpc) is 2.54. The number of alkyl halides is 1. The zero-order valence-electron chi connectivity index (χ0n) is 9.58. The third kappa shape index (κ3) is 2.79. The highest BCUT2D eigenvalue weighted by Gasteiger charge is 2.10. The van der Waals surface area contributed by atoms with Crippen molar-refractivity contribution in [3.63, 3.8) is 0 Å². The number of ether oxygens (including phenoxy) is 1. The summed E-state index contributed by atoms with van der Waals surface area (Å²) < 4.78 is 5.16. The molecule has 1 aromatic carbocycles. The Morgan fingerprint density at radius 1 is 1.19 bits per heavy atom. The number of hydrogen-bond acceptors (Lipinski definition) is 1. The molecule has 0 heterocycles. The van der Waals surface area contributed by atoms with Gasteiger partial charge in [0.2, 0.25) is 0 Å². The predicted molar refractivity (Wildman–Crippen MR) is 69.1 cm³/mol. The first-order valence-electron chi connectivity index (χ1n) is 5.79. The number of halogens is 1. The first kappa shape index (κ1) is 11.5. The summed E-state index contributed by atoms with van der Waals surface area (Å²) in [5.41, 5.74) is 2.65. The highest BCUT2D eigenvalue weighted by atomic mass is 35.5. The van der Waals surface area contributed by atoms with E-state index in [0.717, 1.165) is 18.6 Å². The molecule has 2 rings (SSSR count). The fourth-order valence-corrected chi connectivity index (χ4v) is 2.39. The van der Waals surface area contributed by atoms with E-state index >= 15 is 0 Å². The quantitative estimate of drug-likeness (QED) is 0.698. The van der Waals surface area contributed by atoms with Gasteiger partial charge in [-0.25, -0.2) is 0 Å². The summed E-state index contributed by atoms with van der Waals surface area (Å²) in [5.74, 6) is 0.903. The molecule has 1 aliphatic carbocycles. The maximum absolute atomic E-state index is 6.22. The molecule has 0 bridgehead atoms. The maximum Gasteiger partial charge on any atom is 0.118 e. The smallest absolute Gasteiger partial charge is 0.118 e. The van der Waals surface area contributed by atoms with Crippen LogP contribution in [0.3, 0.4) is 0 Å².